The van der Waals surface area contributed by atoms with Crippen molar-refractivity contribution in [2.75, 3.05) is 36.4 Å². The molecule has 0 saturated carbocycles. The molecule has 7 heteroatoms. The average molecular weight is 401 g/mol. The van der Waals surface area contributed by atoms with E-state index >= 15 is 0 Å². The Hall–Kier alpha value is -3.87. The minimum Gasteiger partial charge on any atom is -0.366 e. The summed E-state index contributed by atoms with van der Waals surface area (Å²) in [7, 11) is 0. The molecule has 0 atom stereocenters. The van der Waals surface area contributed by atoms with Gasteiger partial charge in [0, 0.05) is 43.6 Å². The highest BCUT2D eigenvalue weighted by Crippen LogP contribution is 2.24. The van der Waals surface area contributed by atoms with Gasteiger partial charge in [0.1, 0.15) is 5.82 Å². The third-order valence-corrected chi connectivity index (χ3v) is 5.13. The molecule has 152 valence electrons. The minimum absolute atomic E-state index is 0.126. The van der Waals surface area contributed by atoms with Crippen molar-refractivity contribution < 1.29 is 9.59 Å². The highest BCUT2D eigenvalue weighted by Gasteiger charge is 2.21. The summed E-state index contributed by atoms with van der Waals surface area (Å²) in [6.07, 6.45) is 1.78. The molecule has 1 aliphatic rings. The van der Waals surface area contributed by atoms with E-state index in [2.05, 4.69) is 15.2 Å². The predicted octanol–water partition coefficient (Wildman–Crippen LogP) is 3.20. The van der Waals surface area contributed by atoms with Crippen molar-refractivity contribution in [1.29, 1.82) is 0 Å². The lowest BCUT2D eigenvalue weighted by Gasteiger charge is -2.35. The first kappa shape index (κ1) is 19.4. The first-order chi connectivity index (χ1) is 14.6. The zero-order valence-electron chi connectivity index (χ0n) is 16.5. The van der Waals surface area contributed by atoms with Crippen LogP contribution < -0.4 is 16.0 Å². The molecule has 3 N–H and O–H groups in total. The van der Waals surface area contributed by atoms with Crippen molar-refractivity contribution in [1.82, 2.24) is 9.88 Å². The number of primary amides is 1. The summed E-state index contributed by atoms with van der Waals surface area (Å²) in [5.74, 6) is 0.467. The molecular weight excluding hydrogens is 378 g/mol. The molecule has 1 fully saturated rings. The molecule has 0 radical (unpaired) electrons. The third kappa shape index (κ3) is 4.41. The standard InChI is InChI=1S/C23H23N5O2/c24-22(29)19-7-3-5-17(15-19)18-6-4-8-20(16-18)26-23(30)28-13-11-27(12-14-28)21-9-1-2-10-25-21/h1-10,15-16H,11-14H2,(H2,24,29)(H,26,30). The molecule has 1 aromatic heterocycles. The minimum atomic E-state index is -0.467. The number of carbonyl (C=O) groups excluding carboxylic acids is 2. The van der Waals surface area contributed by atoms with Crippen LogP contribution in [0, 0.1) is 0 Å². The summed E-state index contributed by atoms with van der Waals surface area (Å²) in [4.78, 5) is 32.5. The lowest BCUT2D eigenvalue weighted by Crippen LogP contribution is -2.50. The van der Waals surface area contributed by atoms with Crippen LogP contribution in [0.2, 0.25) is 0 Å². The first-order valence-corrected chi connectivity index (χ1v) is 9.82. The smallest absolute Gasteiger partial charge is 0.321 e. The van der Waals surface area contributed by atoms with E-state index in [1.807, 2.05) is 48.5 Å². The van der Waals surface area contributed by atoms with Crippen LogP contribution in [0.1, 0.15) is 10.4 Å². The van der Waals surface area contributed by atoms with Crippen molar-refractivity contribution in [3.05, 3.63) is 78.5 Å². The number of rotatable bonds is 4. The molecule has 0 spiro atoms. The van der Waals surface area contributed by atoms with E-state index in [9.17, 15) is 9.59 Å². The lowest BCUT2D eigenvalue weighted by atomic mass is 10.0. The van der Waals surface area contributed by atoms with Gasteiger partial charge in [0.15, 0.2) is 0 Å². The second-order valence-corrected chi connectivity index (χ2v) is 7.12. The van der Waals surface area contributed by atoms with Crippen LogP contribution in [0.25, 0.3) is 11.1 Å². The van der Waals surface area contributed by atoms with E-state index in [1.165, 1.54) is 0 Å². The van der Waals surface area contributed by atoms with E-state index in [0.29, 0.717) is 24.3 Å². The van der Waals surface area contributed by atoms with Gasteiger partial charge >= 0.3 is 6.03 Å². The van der Waals surface area contributed by atoms with Crippen molar-refractivity contribution in [3.63, 3.8) is 0 Å². The zero-order valence-corrected chi connectivity index (χ0v) is 16.5. The van der Waals surface area contributed by atoms with Gasteiger partial charge in [-0.3, -0.25) is 4.79 Å². The number of piperazine rings is 1. The Balaban J connectivity index is 1.40. The molecule has 3 aromatic rings. The highest BCUT2D eigenvalue weighted by molar-refractivity contribution is 5.94. The van der Waals surface area contributed by atoms with E-state index in [4.69, 9.17) is 5.73 Å². The molecule has 0 bridgehead atoms. The van der Waals surface area contributed by atoms with Gasteiger partial charge in [0.25, 0.3) is 0 Å². The van der Waals surface area contributed by atoms with Gasteiger partial charge in [-0.2, -0.15) is 0 Å². The van der Waals surface area contributed by atoms with E-state index in [0.717, 1.165) is 30.0 Å². The molecule has 7 nitrogen and oxygen atoms in total. The van der Waals surface area contributed by atoms with Gasteiger partial charge in [-0.15, -0.1) is 0 Å². The molecule has 30 heavy (non-hydrogen) atoms. The number of hydrogen-bond acceptors (Lipinski definition) is 4. The van der Waals surface area contributed by atoms with Gasteiger partial charge in [-0.05, 0) is 47.5 Å². The Morgan fingerprint density at radius 1 is 0.867 bits per heavy atom. The normalized spacial score (nSPS) is 13.7. The summed E-state index contributed by atoms with van der Waals surface area (Å²) >= 11 is 0. The molecular formula is C23H23N5O2. The van der Waals surface area contributed by atoms with Crippen molar-refractivity contribution in [3.8, 4) is 11.1 Å². The second kappa shape index (κ2) is 8.65. The monoisotopic (exact) mass is 401 g/mol. The highest BCUT2D eigenvalue weighted by atomic mass is 16.2. The van der Waals surface area contributed by atoms with Crippen molar-refractivity contribution in [2.45, 2.75) is 0 Å². The third-order valence-electron chi connectivity index (χ3n) is 5.13. The Morgan fingerprint density at radius 2 is 1.60 bits per heavy atom. The van der Waals surface area contributed by atoms with E-state index in [1.54, 1.807) is 29.3 Å². The second-order valence-electron chi connectivity index (χ2n) is 7.12. The summed E-state index contributed by atoms with van der Waals surface area (Å²) in [5.41, 5.74) is 8.30. The largest absolute Gasteiger partial charge is 0.366 e. The maximum atomic E-state index is 12.7. The van der Waals surface area contributed by atoms with Crippen LogP contribution in [0.5, 0.6) is 0 Å². The zero-order chi connectivity index (χ0) is 20.9. The van der Waals surface area contributed by atoms with Gasteiger partial charge in [-0.25, -0.2) is 9.78 Å². The number of pyridine rings is 1. The molecule has 3 amide bonds. The lowest BCUT2D eigenvalue weighted by molar-refractivity contribution is 0.100. The van der Waals surface area contributed by atoms with Crippen LogP contribution in [-0.2, 0) is 0 Å². The predicted molar refractivity (Wildman–Crippen MR) is 117 cm³/mol. The quantitative estimate of drug-likeness (QED) is 0.702. The van der Waals surface area contributed by atoms with Crippen LogP contribution in [0.3, 0.4) is 0 Å². The summed E-state index contributed by atoms with van der Waals surface area (Å²) < 4.78 is 0. The SMILES string of the molecule is NC(=O)c1cccc(-c2cccc(NC(=O)N3CCN(c4ccccn4)CC3)c2)c1. The van der Waals surface area contributed by atoms with Gasteiger partial charge in [-0.1, -0.05) is 30.3 Å². The molecule has 1 aliphatic heterocycles. The fraction of sp³-hybridized carbons (Fsp3) is 0.174. The van der Waals surface area contributed by atoms with Crippen molar-refractivity contribution >= 4 is 23.4 Å². The average Bonchev–Trinajstić information content (AvgIpc) is 2.80. The number of nitrogens with zero attached hydrogens (tertiary/aromatic N) is 3. The number of carbonyl (C=O) groups is 2. The topological polar surface area (TPSA) is 91.6 Å². The Labute approximate surface area is 175 Å². The first-order valence-electron chi connectivity index (χ1n) is 9.82. The molecule has 2 aromatic carbocycles. The fourth-order valence-electron chi connectivity index (χ4n) is 3.51. The number of urea groups is 1. The Morgan fingerprint density at radius 3 is 2.30 bits per heavy atom. The maximum absolute atomic E-state index is 12.7. The maximum Gasteiger partial charge on any atom is 0.321 e. The summed E-state index contributed by atoms with van der Waals surface area (Å²) in [6.45, 7) is 2.74. The molecule has 0 aliphatic carbocycles. The molecule has 0 unspecified atom stereocenters. The summed E-state index contributed by atoms with van der Waals surface area (Å²) in [6, 6.07) is 20.4. The van der Waals surface area contributed by atoms with Gasteiger partial charge in [0.2, 0.25) is 5.91 Å². The number of amides is 3. The van der Waals surface area contributed by atoms with E-state index < -0.39 is 5.91 Å². The summed E-state index contributed by atoms with van der Waals surface area (Å²) in [5, 5.41) is 2.97. The number of nitrogens with one attached hydrogen (secondary N) is 1. The Kier molecular flexibility index (Phi) is 5.61. The van der Waals surface area contributed by atoms with Gasteiger partial charge in [0.05, 0.1) is 0 Å². The van der Waals surface area contributed by atoms with Crippen LogP contribution in [0.15, 0.2) is 72.9 Å². The van der Waals surface area contributed by atoms with Crippen LogP contribution in [0.4, 0.5) is 16.3 Å². The van der Waals surface area contributed by atoms with Gasteiger partial charge < -0.3 is 20.9 Å². The fourth-order valence-corrected chi connectivity index (χ4v) is 3.51. The number of hydrogen-bond donors (Lipinski definition) is 2. The molecule has 1 saturated heterocycles. The Bertz CT molecular complexity index is 1050. The number of benzene rings is 2. The molecule has 4 rings (SSSR count). The van der Waals surface area contributed by atoms with Crippen LogP contribution >= 0.6 is 0 Å². The number of nitrogens with two attached hydrogens (primary N) is 1. The number of anilines is 2. The van der Waals surface area contributed by atoms with Crippen molar-refractivity contribution in [2.24, 2.45) is 5.73 Å². The number of aromatic nitrogens is 1. The molecule has 2 heterocycles. The van der Waals surface area contributed by atoms with Crippen LogP contribution in [-0.4, -0.2) is 48.0 Å². The van der Waals surface area contributed by atoms with E-state index in [-0.39, 0.29) is 6.03 Å².